The predicted octanol–water partition coefficient (Wildman–Crippen LogP) is 3.18. The fourth-order valence-corrected chi connectivity index (χ4v) is 7.47. The lowest BCUT2D eigenvalue weighted by molar-refractivity contribution is -0.151. The van der Waals surface area contributed by atoms with Gasteiger partial charge in [0.25, 0.3) is 0 Å². The van der Waals surface area contributed by atoms with Crippen molar-refractivity contribution in [3.63, 3.8) is 0 Å². The Morgan fingerprint density at radius 2 is 1.59 bits per heavy atom. The molecule has 3 aliphatic carbocycles. The van der Waals surface area contributed by atoms with E-state index in [2.05, 4.69) is 18.3 Å². The zero-order valence-corrected chi connectivity index (χ0v) is 19.7. The third-order valence-electron chi connectivity index (χ3n) is 9.86. The lowest BCUT2D eigenvalue weighted by Crippen LogP contribution is -2.56. The van der Waals surface area contributed by atoms with Gasteiger partial charge in [0.1, 0.15) is 0 Å². The van der Waals surface area contributed by atoms with Crippen molar-refractivity contribution in [3.05, 3.63) is 0 Å². The van der Waals surface area contributed by atoms with Crippen LogP contribution in [0.5, 0.6) is 0 Å². The normalized spacial score (nSPS) is 39.0. The molecule has 0 aromatic carbocycles. The zero-order valence-electron chi connectivity index (χ0n) is 19.7. The summed E-state index contributed by atoms with van der Waals surface area (Å²) in [6, 6.07) is 3.09. The van der Waals surface area contributed by atoms with Gasteiger partial charge in [-0.05, 0) is 75.5 Å². The molecule has 0 spiro atoms. The van der Waals surface area contributed by atoms with Gasteiger partial charge in [-0.1, -0.05) is 13.3 Å². The van der Waals surface area contributed by atoms with E-state index in [-0.39, 0.29) is 17.3 Å². The van der Waals surface area contributed by atoms with Crippen molar-refractivity contribution in [2.45, 2.75) is 77.2 Å². The minimum absolute atomic E-state index is 0.133. The van der Waals surface area contributed by atoms with Crippen molar-refractivity contribution in [1.29, 1.82) is 5.26 Å². The molecule has 2 amide bonds. The van der Waals surface area contributed by atoms with Crippen molar-refractivity contribution in [1.82, 2.24) is 15.1 Å². The highest BCUT2D eigenvalue weighted by Gasteiger charge is 2.44. The fourth-order valence-electron chi connectivity index (χ4n) is 7.47. The van der Waals surface area contributed by atoms with E-state index in [4.69, 9.17) is 0 Å². The zero-order chi connectivity index (χ0) is 22.3. The quantitative estimate of drug-likeness (QED) is 0.731. The van der Waals surface area contributed by atoms with Gasteiger partial charge in [-0.2, -0.15) is 5.26 Å². The number of hydrogen-bond donors (Lipinski definition) is 1. The molecule has 2 saturated heterocycles. The van der Waals surface area contributed by atoms with E-state index in [1.165, 1.54) is 38.5 Å². The Balaban J connectivity index is 1.08. The molecule has 1 N–H and O–H groups in total. The Hall–Kier alpha value is -1.61. The van der Waals surface area contributed by atoms with Gasteiger partial charge in [-0.15, -0.1) is 0 Å². The second-order valence-corrected chi connectivity index (χ2v) is 11.6. The summed E-state index contributed by atoms with van der Waals surface area (Å²) in [5, 5.41) is 13.0. The van der Waals surface area contributed by atoms with Crippen LogP contribution in [0.15, 0.2) is 0 Å². The van der Waals surface area contributed by atoms with Crippen molar-refractivity contribution in [3.8, 4) is 6.07 Å². The Kier molecular flexibility index (Phi) is 6.22. The maximum Gasteiger partial charge on any atom is 0.228 e. The van der Waals surface area contributed by atoms with E-state index in [9.17, 15) is 14.9 Å². The summed E-state index contributed by atoms with van der Waals surface area (Å²) in [5.74, 6) is 3.02. The van der Waals surface area contributed by atoms with Gasteiger partial charge in [0.2, 0.25) is 11.8 Å². The SMILES string of the molecule is CC1(C(=O)N2CCN(C(=O)C3CCC(C4CCC5NCC(C#N)C5C4)CC3)CC2)CCC1. The van der Waals surface area contributed by atoms with Gasteiger partial charge >= 0.3 is 0 Å². The first-order chi connectivity index (χ1) is 15.5. The standard InChI is InChI=1S/C26H40N4O2/c1-26(9-2-10-26)25(32)30-13-11-29(12-14-30)24(31)19-5-3-18(4-6-19)20-7-8-23-22(15-20)21(16-27)17-28-23/h18-23,28H,2-15,17H2,1H3. The Bertz CT molecular complexity index is 756. The molecule has 4 unspecified atom stereocenters. The average molecular weight is 441 g/mol. The highest BCUT2D eigenvalue weighted by atomic mass is 16.2. The molecule has 176 valence electrons. The molecule has 2 aliphatic heterocycles. The second-order valence-electron chi connectivity index (χ2n) is 11.6. The largest absolute Gasteiger partial charge is 0.339 e. The number of carbonyl (C=O) groups excluding carboxylic acids is 2. The van der Waals surface area contributed by atoms with Crippen LogP contribution in [0.4, 0.5) is 0 Å². The molecule has 5 fully saturated rings. The summed E-state index contributed by atoms with van der Waals surface area (Å²) in [6.45, 7) is 5.79. The third kappa shape index (κ3) is 4.06. The van der Waals surface area contributed by atoms with Crippen molar-refractivity contribution < 1.29 is 9.59 Å². The van der Waals surface area contributed by atoms with Crippen molar-refractivity contribution in [2.24, 2.45) is 35.0 Å². The molecule has 6 heteroatoms. The maximum atomic E-state index is 13.2. The first kappa shape index (κ1) is 22.2. The molecule has 6 nitrogen and oxygen atoms in total. The highest BCUT2D eigenvalue weighted by molar-refractivity contribution is 5.84. The number of fused-ring (bicyclic) bond motifs is 1. The van der Waals surface area contributed by atoms with Crippen LogP contribution < -0.4 is 5.32 Å². The van der Waals surface area contributed by atoms with Crippen LogP contribution in [-0.4, -0.2) is 60.4 Å². The number of nitriles is 1. The average Bonchev–Trinajstić information content (AvgIpc) is 3.24. The minimum Gasteiger partial charge on any atom is -0.339 e. The summed E-state index contributed by atoms with van der Waals surface area (Å²) in [4.78, 5) is 30.0. The summed E-state index contributed by atoms with van der Waals surface area (Å²) in [5.41, 5.74) is -0.133. The van der Waals surface area contributed by atoms with Gasteiger partial charge in [0, 0.05) is 50.1 Å². The molecule has 5 rings (SSSR count). The van der Waals surface area contributed by atoms with Crippen LogP contribution in [0.25, 0.3) is 0 Å². The molecular weight excluding hydrogens is 400 g/mol. The number of piperazine rings is 1. The molecule has 0 aromatic rings. The lowest BCUT2D eigenvalue weighted by atomic mass is 9.66. The second kappa shape index (κ2) is 8.97. The van der Waals surface area contributed by atoms with Gasteiger partial charge in [-0.25, -0.2) is 0 Å². The molecule has 0 bridgehead atoms. The van der Waals surface area contributed by atoms with Gasteiger partial charge in [0.05, 0.1) is 12.0 Å². The van der Waals surface area contributed by atoms with E-state index < -0.39 is 0 Å². The number of rotatable bonds is 3. The summed E-state index contributed by atoms with van der Waals surface area (Å²) < 4.78 is 0. The van der Waals surface area contributed by atoms with Crippen molar-refractivity contribution in [2.75, 3.05) is 32.7 Å². The van der Waals surface area contributed by atoms with Gasteiger partial charge in [-0.3, -0.25) is 9.59 Å². The summed E-state index contributed by atoms with van der Waals surface area (Å²) >= 11 is 0. The number of nitrogens with one attached hydrogen (secondary N) is 1. The topological polar surface area (TPSA) is 76.4 Å². The molecule has 5 aliphatic rings. The Morgan fingerprint density at radius 3 is 2.22 bits per heavy atom. The van der Waals surface area contributed by atoms with Crippen LogP contribution in [0, 0.1) is 46.3 Å². The van der Waals surface area contributed by atoms with E-state index in [1.54, 1.807) is 0 Å². The smallest absolute Gasteiger partial charge is 0.228 e. The molecule has 0 radical (unpaired) electrons. The van der Waals surface area contributed by atoms with E-state index in [1.807, 2.05) is 9.80 Å². The molecular formula is C26H40N4O2. The van der Waals surface area contributed by atoms with E-state index in [0.717, 1.165) is 44.1 Å². The highest BCUT2D eigenvalue weighted by Crippen LogP contribution is 2.45. The van der Waals surface area contributed by atoms with Crippen LogP contribution in [0.1, 0.15) is 71.1 Å². The molecule has 0 aromatic heterocycles. The third-order valence-corrected chi connectivity index (χ3v) is 9.86. The van der Waals surface area contributed by atoms with Gasteiger partial charge < -0.3 is 15.1 Å². The first-order valence-electron chi connectivity index (χ1n) is 13.2. The number of nitrogens with zero attached hydrogens (tertiary/aromatic N) is 3. The predicted molar refractivity (Wildman–Crippen MR) is 122 cm³/mol. The van der Waals surface area contributed by atoms with Crippen LogP contribution in [0.2, 0.25) is 0 Å². The minimum atomic E-state index is -0.133. The van der Waals surface area contributed by atoms with Crippen LogP contribution in [0.3, 0.4) is 0 Å². The van der Waals surface area contributed by atoms with Crippen LogP contribution in [-0.2, 0) is 9.59 Å². The molecule has 4 atom stereocenters. The fraction of sp³-hybridized carbons (Fsp3) is 0.885. The van der Waals surface area contributed by atoms with Crippen LogP contribution >= 0.6 is 0 Å². The monoisotopic (exact) mass is 440 g/mol. The lowest BCUT2D eigenvalue weighted by Gasteiger charge is -2.44. The van der Waals surface area contributed by atoms with Crippen molar-refractivity contribution >= 4 is 11.8 Å². The number of hydrogen-bond acceptors (Lipinski definition) is 4. The first-order valence-corrected chi connectivity index (χ1v) is 13.2. The summed E-state index contributed by atoms with van der Waals surface area (Å²) in [6.07, 6.45) is 11.3. The maximum absolute atomic E-state index is 13.2. The molecule has 32 heavy (non-hydrogen) atoms. The van der Waals surface area contributed by atoms with Gasteiger partial charge in [0.15, 0.2) is 0 Å². The molecule has 2 heterocycles. The molecule has 3 saturated carbocycles. The Morgan fingerprint density at radius 1 is 0.938 bits per heavy atom. The van der Waals surface area contributed by atoms with E-state index >= 15 is 0 Å². The van der Waals surface area contributed by atoms with E-state index in [0.29, 0.717) is 50.0 Å². The number of amides is 2. The summed E-state index contributed by atoms with van der Waals surface area (Å²) in [7, 11) is 0. The Labute approximate surface area is 193 Å². The number of carbonyl (C=O) groups is 2.